The van der Waals surface area contributed by atoms with Gasteiger partial charge in [0.05, 0.1) is 36.0 Å². The molecule has 0 spiro atoms. The maximum Gasteiger partial charge on any atom is 0.340 e. The molecule has 0 unspecified atom stereocenters. The van der Waals surface area contributed by atoms with Crippen LogP contribution >= 0.6 is 12.2 Å². The molecule has 9 heteroatoms. The first-order chi connectivity index (χ1) is 17.0. The summed E-state index contributed by atoms with van der Waals surface area (Å²) in [5, 5.41) is 2.78. The summed E-state index contributed by atoms with van der Waals surface area (Å²) in [6, 6.07) is 19.1. The van der Waals surface area contributed by atoms with E-state index in [-0.39, 0.29) is 4.84 Å². The normalized spacial score (nSPS) is 11.1. The molecule has 0 bridgehead atoms. The molecule has 8 nitrogen and oxygen atoms in total. The SMILES string of the molecule is CCOc1cc(-n2c(C)nc3cccc(C(=O)OC)c32)ccc1-c1ccccc1-c1nc(=S)o[nH]1. The number of para-hydroxylation sites is 1. The fourth-order valence-corrected chi connectivity index (χ4v) is 4.38. The molecule has 0 amide bonds. The zero-order chi connectivity index (χ0) is 24.5. The van der Waals surface area contributed by atoms with Crippen molar-refractivity contribution >= 4 is 29.2 Å². The number of esters is 1. The van der Waals surface area contributed by atoms with E-state index in [1.54, 1.807) is 12.1 Å². The lowest BCUT2D eigenvalue weighted by Crippen LogP contribution is -2.06. The number of fused-ring (bicyclic) bond motifs is 1. The van der Waals surface area contributed by atoms with Crippen molar-refractivity contribution in [2.75, 3.05) is 13.7 Å². The number of carbonyl (C=O) groups excluding carboxylic acids is 1. The molecule has 0 aliphatic carbocycles. The third-order valence-corrected chi connectivity index (χ3v) is 5.86. The molecule has 0 fully saturated rings. The van der Waals surface area contributed by atoms with Crippen molar-refractivity contribution in [1.29, 1.82) is 0 Å². The van der Waals surface area contributed by atoms with Gasteiger partial charge in [0.2, 0.25) is 0 Å². The maximum atomic E-state index is 12.5. The minimum atomic E-state index is -0.419. The Bertz CT molecular complexity index is 1620. The van der Waals surface area contributed by atoms with Crippen LogP contribution in [0.1, 0.15) is 23.1 Å². The van der Waals surface area contributed by atoms with Gasteiger partial charge in [-0.3, -0.25) is 4.57 Å². The van der Waals surface area contributed by atoms with Gasteiger partial charge in [-0.15, -0.1) is 0 Å². The van der Waals surface area contributed by atoms with Crippen LogP contribution in [-0.2, 0) is 4.74 Å². The van der Waals surface area contributed by atoms with Crippen LogP contribution in [0.25, 0.3) is 39.2 Å². The third kappa shape index (κ3) is 4.00. The van der Waals surface area contributed by atoms with E-state index >= 15 is 0 Å². The first-order valence-electron chi connectivity index (χ1n) is 11.0. The molecule has 35 heavy (non-hydrogen) atoms. The lowest BCUT2D eigenvalue weighted by atomic mass is 9.98. The summed E-state index contributed by atoms with van der Waals surface area (Å²) < 4.78 is 18.2. The van der Waals surface area contributed by atoms with E-state index in [0.29, 0.717) is 34.8 Å². The van der Waals surface area contributed by atoms with Gasteiger partial charge in [0, 0.05) is 17.2 Å². The predicted octanol–water partition coefficient (Wildman–Crippen LogP) is 5.90. The van der Waals surface area contributed by atoms with Crippen molar-refractivity contribution in [2.24, 2.45) is 0 Å². The van der Waals surface area contributed by atoms with Crippen LogP contribution in [0.4, 0.5) is 0 Å². The topological polar surface area (TPSA) is 95.2 Å². The van der Waals surface area contributed by atoms with Gasteiger partial charge in [-0.05, 0) is 55.9 Å². The standard InChI is InChI=1S/C26H22N4O4S/c1-4-33-22-14-16(30-15(2)27-21-11-7-10-20(23(21)30)25(31)32-3)12-13-18(22)17-8-5-6-9-19(17)24-28-26(35)34-29-24/h5-14H,4H2,1-3H3,(H,28,29,35). The number of methoxy groups -OCH3 is 1. The highest BCUT2D eigenvalue weighted by atomic mass is 32.1. The quantitative estimate of drug-likeness (QED) is 0.236. The van der Waals surface area contributed by atoms with Crippen molar-refractivity contribution in [2.45, 2.75) is 13.8 Å². The average molecular weight is 487 g/mol. The number of aryl methyl sites for hydroxylation is 1. The van der Waals surface area contributed by atoms with Gasteiger partial charge in [-0.1, -0.05) is 30.3 Å². The third-order valence-electron chi connectivity index (χ3n) is 5.68. The monoisotopic (exact) mass is 486 g/mol. The Morgan fingerprint density at radius 1 is 1.06 bits per heavy atom. The summed E-state index contributed by atoms with van der Waals surface area (Å²) in [6.45, 7) is 4.31. The van der Waals surface area contributed by atoms with Crippen LogP contribution in [0.5, 0.6) is 5.75 Å². The zero-order valence-corrected chi connectivity index (χ0v) is 20.2. The van der Waals surface area contributed by atoms with Crippen LogP contribution in [0.15, 0.2) is 65.2 Å². The molecule has 3 aromatic carbocycles. The van der Waals surface area contributed by atoms with Crippen molar-refractivity contribution in [3.8, 4) is 34.0 Å². The molecular weight excluding hydrogens is 464 g/mol. The maximum absolute atomic E-state index is 12.5. The first-order valence-corrected chi connectivity index (χ1v) is 11.4. The average Bonchev–Trinajstić information content (AvgIpc) is 3.45. The summed E-state index contributed by atoms with van der Waals surface area (Å²) in [6.07, 6.45) is 0. The highest BCUT2D eigenvalue weighted by Gasteiger charge is 2.20. The Morgan fingerprint density at radius 2 is 1.86 bits per heavy atom. The van der Waals surface area contributed by atoms with Crippen LogP contribution < -0.4 is 4.74 Å². The summed E-state index contributed by atoms with van der Waals surface area (Å²) in [7, 11) is 1.37. The van der Waals surface area contributed by atoms with Crippen LogP contribution in [0.3, 0.4) is 0 Å². The van der Waals surface area contributed by atoms with Crippen LogP contribution in [0, 0.1) is 11.8 Å². The van der Waals surface area contributed by atoms with Crippen LogP contribution in [-0.4, -0.2) is 39.4 Å². The molecular formula is C26H22N4O4S. The highest BCUT2D eigenvalue weighted by Crippen LogP contribution is 2.38. The number of ether oxygens (including phenoxy) is 2. The summed E-state index contributed by atoms with van der Waals surface area (Å²) in [4.78, 5) is 21.6. The molecule has 0 aliphatic rings. The Balaban J connectivity index is 1.71. The number of aromatic nitrogens is 4. The number of aromatic amines is 1. The van der Waals surface area contributed by atoms with Gasteiger partial charge >= 0.3 is 10.8 Å². The number of hydrogen-bond acceptors (Lipinski definition) is 7. The van der Waals surface area contributed by atoms with Crippen molar-refractivity contribution in [1.82, 2.24) is 19.7 Å². The van der Waals surface area contributed by atoms with E-state index in [1.807, 2.05) is 66.9 Å². The van der Waals surface area contributed by atoms with E-state index in [1.165, 1.54) is 7.11 Å². The van der Waals surface area contributed by atoms with E-state index < -0.39 is 5.97 Å². The fraction of sp³-hybridized carbons (Fsp3) is 0.154. The van der Waals surface area contributed by atoms with E-state index in [2.05, 4.69) is 15.1 Å². The molecule has 2 heterocycles. The lowest BCUT2D eigenvalue weighted by Gasteiger charge is -2.16. The van der Waals surface area contributed by atoms with Gasteiger partial charge in [0.15, 0.2) is 5.82 Å². The molecule has 0 saturated carbocycles. The molecule has 0 aliphatic heterocycles. The lowest BCUT2D eigenvalue weighted by molar-refractivity contribution is 0.0602. The second-order valence-electron chi connectivity index (χ2n) is 7.75. The van der Waals surface area contributed by atoms with Crippen molar-refractivity contribution < 1.29 is 18.8 Å². The number of nitrogens with zero attached hydrogens (tertiary/aromatic N) is 3. The van der Waals surface area contributed by atoms with Gasteiger partial charge < -0.3 is 14.0 Å². The number of H-pyrrole nitrogens is 1. The largest absolute Gasteiger partial charge is 0.493 e. The Hall–Kier alpha value is -4.24. The molecule has 1 N–H and O–H groups in total. The molecule has 0 radical (unpaired) electrons. The Morgan fingerprint density at radius 3 is 2.57 bits per heavy atom. The smallest absolute Gasteiger partial charge is 0.340 e. The summed E-state index contributed by atoms with van der Waals surface area (Å²) in [5.74, 6) is 1.53. The Labute approximate surface area is 206 Å². The fourth-order valence-electron chi connectivity index (χ4n) is 4.25. The number of rotatable bonds is 6. The first kappa shape index (κ1) is 22.5. The number of nitrogens with one attached hydrogen (secondary N) is 1. The van der Waals surface area contributed by atoms with Gasteiger partial charge in [0.25, 0.3) is 0 Å². The summed E-state index contributed by atoms with van der Waals surface area (Å²) >= 11 is 5.04. The van der Waals surface area contributed by atoms with E-state index in [9.17, 15) is 4.79 Å². The highest BCUT2D eigenvalue weighted by molar-refractivity contribution is 7.71. The minimum absolute atomic E-state index is 0.138. The second kappa shape index (κ2) is 9.19. The number of imidazole rings is 1. The number of hydrogen-bond donors (Lipinski definition) is 1. The summed E-state index contributed by atoms with van der Waals surface area (Å²) in [5.41, 5.74) is 5.26. The molecule has 5 rings (SSSR count). The molecule has 176 valence electrons. The molecule has 5 aromatic rings. The zero-order valence-electron chi connectivity index (χ0n) is 19.4. The van der Waals surface area contributed by atoms with Crippen LogP contribution in [0.2, 0.25) is 0 Å². The predicted molar refractivity (Wildman–Crippen MR) is 134 cm³/mol. The second-order valence-corrected chi connectivity index (χ2v) is 8.10. The van der Waals surface area contributed by atoms with E-state index in [0.717, 1.165) is 28.2 Å². The van der Waals surface area contributed by atoms with Gasteiger partial charge in [-0.25, -0.2) is 14.9 Å². The molecule has 2 aromatic heterocycles. The molecule has 0 atom stereocenters. The van der Waals surface area contributed by atoms with Crippen molar-refractivity contribution in [3.63, 3.8) is 0 Å². The van der Waals surface area contributed by atoms with Gasteiger partial charge in [-0.2, -0.15) is 4.98 Å². The van der Waals surface area contributed by atoms with Crippen molar-refractivity contribution in [3.05, 3.63) is 76.9 Å². The molecule has 0 saturated heterocycles. The number of carbonyl (C=O) groups is 1. The van der Waals surface area contributed by atoms with Gasteiger partial charge in [0.1, 0.15) is 11.6 Å². The van der Waals surface area contributed by atoms with E-state index in [4.69, 9.17) is 26.2 Å². The Kier molecular flexibility index (Phi) is 5.92. The number of benzene rings is 3. The minimum Gasteiger partial charge on any atom is -0.493 e.